The first-order chi connectivity index (χ1) is 13.5. The topological polar surface area (TPSA) is 75.7 Å². The Morgan fingerprint density at radius 1 is 1.24 bits per heavy atom. The number of allylic oxidation sites excluding steroid dienone is 1. The fraction of sp³-hybridized carbons (Fsp3) is 0.750. The minimum absolute atomic E-state index is 0.0949. The van der Waals surface area contributed by atoms with Crippen molar-refractivity contribution >= 4 is 17.8 Å². The average molecular weight is 418 g/mol. The van der Waals surface area contributed by atoms with Crippen molar-refractivity contribution in [2.75, 3.05) is 6.61 Å². The predicted octanol–water partition coefficient (Wildman–Crippen LogP) is 3.46. The van der Waals surface area contributed by atoms with Crippen LogP contribution >= 0.6 is 0 Å². The van der Waals surface area contributed by atoms with Gasteiger partial charge >= 0.3 is 12.1 Å². The molecule has 2 aliphatic rings. The third kappa shape index (κ3) is 4.28. The molecule has 1 atom stereocenters. The Labute approximate surface area is 168 Å². The summed E-state index contributed by atoms with van der Waals surface area (Å²) in [7, 11) is 0. The maximum absolute atomic E-state index is 14.4. The molecule has 1 N–H and O–H groups in total. The second-order valence-electron chi connectivity index (χ2n) is 8.04. The summed E-state index contributed by atoms with van der Waals surface area (Å²) in [5.74, 6) is -3.72. The van der Waals surface area contributed by atoms with Crippen molar-refractivity contribution in [2.24, 2.45) is 5.92 Å². The van der Waals surface area contributed by atoms with Gasteiger partial charge in [0.25, 0.3) is 5.91 Å². The van der Waals surface area contributed by atoms with Gasteiger partial charge in [0, 0.05) is 18.2 Å². The van der Waals surface area contributed by atoms with E-state index < -0.39 is 41.1 Å². The number of esters is 1. The summed E-state index contributed by atoms with van der Waals surface area (Å²) in [5, 5.41) is 1.89. The van der Waals surface area contributed by atoms with Gasteiger partial charge in [0.2, 0.25) is 11.4 Å². The quantitative estimate of drug-likeness (QED) is 0.671. The van der Waals surface area contributed by atoms with Crippen LogP contribution in [0, 0.1) is 5.92 Å². The molecule has 1 heterocycles. The molecule has 164 valence electrons. The van der Waals surface area contributed by atoms with E-state index in [9.17, 15) is 27.6 Å². The average Bonchev–Trinajstić information content (AvgIpc) is 2.82. The van der Waals surface area contributed by atoms with E-state index in [0.29, 0.717) is 12.8 Å². The molecule has 0 aromatic heterocycles. The molecule has 2 amide bonds. The molecule has 6 nitrogen and oxygen atoms in total. The molecule has 1 fully saturated rings. The molecular formula is C20H29F3N2O4. The van der Waals surface area contributed by atoms with Crippen LogP contribution in [0.15, 0.2) is 11.3 Å². The van der Waals surface area contributed by atoms with Crippen LogP contribution in [0.1, 0.15) is 66.2 Å². The van der Waals surface area contributed by atoms with Crippen molar-refractivity contribution in [1.29, 1.82) is 0 Å². The molecule has 0 saturated heterocycles. The maximum Gasteiger partial charge on any atom is 0.425 e. The lowest BCUT2D eigenvalue weighted by molar-refractivity contribution is -0.197. The summed E-state index contributed by atoms with van der Waals surface area (Å²) in [4.78, 5) is 39.3. The number of ether oxygens (including phenoxy) is 1. The Bertz CT molecular complexity index is 696. The lowest BCUT2D eigenvalue weighted by atomic mass is 9.88. The third-order valence-corrected chi connectivity index (χ3v) is 5.40. The van der Waals surface area contributed by atoms with Crippen molar-refractivity contribution in [1.82, 2.24) is 10.2 Å². The molecule has 0 bridgehead atoms. The van der Waals surface area contributed by atoms with Crippen LogP contribution in [0.5, 0.6) is 0 Å². The Balaban J connectivity index is 2.62. The molecule has 9 heteroatoms. The first-order valence-corrected chi connectivity index (χ1v) is 10.1. The summed E-state index contributed by atoms with van der Waals surface area (Å²) < 4.78 is 48.1. The Hall–Kier alpha value is -2.06. The normalized spacial score (nSPS) is 23.7. The second kappa shape index (κ2) is 8.75. The molecule has 0 radical (unpaired) electrons. The van der Waals surface area contributed by atoms with Crippen LogP contribution in [0.25, 0.3) is 0 Å². The number of nitrogens with zero attached hydrogens (tertiary/aromatic N) is 1. The summed E-state index contributed by atoms with van der Waals surface area (Å²) in [5.41, 5.74) is -4.35. The highest BCUT2D eigenvalue weighted by Gasteiger charge is 2.71. The Morgan fingerprint density at radius 3 is 2.31 bits per heavy atom. The van der Waals surface area contributed by atoms with Crippen LogP contribution in [0.2, 0.25) is 0 Å². The lowest BCUT2D eigenvalue weighted by Gasteiger charge is -2.36. The SMILES string of the molecule is CCOC(=O)C1=C(C)N(C2CCCCC2)C(=O)[C@]1(NC(=O)CC(C)C)C(F)(F)F. The highest BCUT2D eigenvalue weighted by molar-refractivity contribution is 6.10. The standard InChI is InChI=1S/C20H29F3N2O4/c1-5-29-17(27)16-13(4)25(14-9-7-6-8-10-14)18(28)19(16,20(21,22)23)24-15(26)11-12(2)3/h12,14H,5-11H2,1-4H3,(H,24,26)/t19-/m0/s1. The zero-order chi connectivity index (χ0) is 22.0. The van der Waals surface area contributed by atoms with Gasteiger partial charge in [0.15, 0.2) is 0 Å². The molecule has 1 aliphatic heterocycles. The maximum atomic E-state index is 14.4. The number of halogens is 3. The number of rotatable bonds is 6. The predicted molar refractivity (Wildman–Crippen MR) is 99.4 cm³/mol. The van der Waals surface area contributed by atoms with Crippen LogP contribution < -0.4 is 5.32 Å². The van der Waals surface area contributed by atoms with E-state index in [4.69, 9.17) is 4.74 Å². The third-order valence-electron chi connectivity index (χ3n) is 5.40. The Kier molecular flexibility index (Phi) is 7.01. The van der Waals surface area contributed by atoms with Crippen molar-refractivity contribution in [3.8, 4) is 0 Å². The van der Waals surface area contributed by atoms with Gasteiger partial charge in [0.05, 0.1) is 6.61 Å². The fourth-order valence-corrected chi connectivity index (χ4v) is 4.20. The van der Waals surface area contributed by atoms with E-state index in [2.05, 4.69) is 0 Å². The van der Waals surface area contributed by atoms with E-state index in [0.717, 1.165) is 24.2 Å². The fourth-order valence-electron chi connectivity index (χ4n) is 4.20. The number of amides is 2. The van der Waals surface area contributed by atoms with Gasteiger partial charge in [-0.1, -0.05) is 33.1 Å². The van der Waals surface area contributed by atoms with Crippen molar-refractivity contribution in [3.05, 3.63) is 11.3 Å². The molecule has 29 heavy (non-hydrogen) atoms. The van der Waals surface area contributed by atoms with E-state index >= 15 is 0 Å². The van der Waals surface area contributed by atoms with Gasteiger partial charge < -0.3 is 15.0 Å². The smallest absolute Gasteiger partial charge is 0.425 e. The molecule has 2 rings (SSSR count). The lowest BCUT2D eigenvalue weighted by Crippen LogP contribution is -2.67. The zero-order valence-electron chi connectivity index (χ0n) is 17.3. The molecule has 0 spiro atoms. The highest BCUT2D eigenvalue weighted by Crippen LogP contribution is 2.47. The molecule has 0 unspecified atom stereocenters. The van der Waals surface area contributed by atoms with Crippen LogP contribution in [0.3, 0.4) is 0 Å². The van der Waals surface area contributed by atoms with Crippen molar-refractivity contribution in [2.45, 2.75) is 84.0 Å². The molecule has 1 aliphatic carbocycles. The van der Waals surface area contributed by atoms with E-state index in [-0.39, 0.29) is 24.6 Å². The van der Waals surface area contributed by atoms with Gasteiger partial charge in [-0.25, -0.2) is 4.79 Å². The number of hydrogen-bond acceptors (Lipinski definition) is 4. The van der Waals surface area contributed by atoms with Crippen molar-refractivity contribution in [3.63, 3.8) is 0 Å². The first-order valence-electron chi connectivity index (χ1n) is 10.1. The largest absolute Gasteiger partial charge is 0.462 e. The molecule has 0 aromatic carbocycles. The van der Waals surface area contributed by atoms with Gasteiger partial charge in [-0.2, -0.15) is 13.2 Å². The number of carbonyl (C=O) groups is 3. The molecule has 0 aromatic rings. The number of alkyl halides is 3. The Morgan fingerprint density at radius 2 is 1.83 bits per heavy atom. The minimum Gasteiger partial charge on any atom is -0.462 e. The van der Waals surface area contributed by atoms with Gasteiger partial charge in [0.1, 0.15) is 5.57 Å². The summed E-state index contributed by atoms with van der Waals surface area (Å²) in [6.07, 6.45) is -1.79. The summed E-state index contributed by atoms with van der Waals surface area (Å²) >= 11 is 0. The van der Waals surface area contributed by atoms with E-state index in [1.165, 1.54) is 13.8 Å². The van der Waals surface area contributed by atoms with E-state index in [1.807, 2.05) is 5.32 Å². The number of nitrogens with one attached hydrogen (secondary N) is 1. The summed E-state index contributed by atoms with van der Waals surface area (Å²) in [6.45, 7) is 5.99. The van der Waals surface area contributed by atoms with E-state index in [1.54, 1.807) is 13.8 Å². The minimum atomic E-state index is -5.20. The molecular weight excluding hydrogens is 389 g/mol. The van der Waals surface area contributed by atoms with Crippen LogP contribution in [-0.4, -0.2) is 47.0 Å². The van der Waals surface area contributed by atoms with Gasteiger partial charge in [-0.3, -0.25) is 9.59 Å². The zero-order valence-corrected chi connectivity index (χ0v) is 17.3. The van der Waals surface area contributed by atoms with Crippen LogP contribution in [-0.2, 0) is 19.1 Å². The summed E-state index contributed by atoms with van der Waals surface area (Å²) in [6, 6.07) is -0.438. The van der Waals surface area contributed by atoms with Crippen LogP contribution in [0.4, 0.5) is 13.2 Å². The molecule has 1 saturated carbocycles. The number of hydrogen-bond donors (Lipinski definition) is 1. The monoisotopic (exact) mass is 418 g/mol. The highest BCUT2D eigenvalue weighted by atomic mass is 19.4. The van der Waals surface area contributed by atoms with Gasteiger partial charge in [-0.05, 0) is 32.6 Å². The van der Waals surface area contributed by atoms with Crippen molar-refractivity contribution < 1.29 is 32.3 Å². The van der Waals surface area contributed by atoms with Gasteiger partial charge in [-0.15, -0.1) is 0 Å². The number of carbonyl (C=O) groups excluding carboxylic acids is 3. The first kappa shape index (κ1) is 23.2. The second-order valence-corrected chi connectivity index (χ2v) is 8.04.